The van der Waals surface area contributed by atoms with Gasteiger partial charge in [-0.25, -0.2) is 9.67 Å². The second kappa shape index (κ2) is 4.98. The van der Waals surface area contributed by atoms with E-state index in [1.54, 1.807) is 6.33 Å². The van der Waals surface area contributed by atoms with Crippen LogP contribution in [0.5, 0.6) is 0 Å². The van der Waals surface area contributed by atoms with E-state index < -0.39 is 0 Å². The zero-order chi connectivity index (χ0) is 11.5. The number of aryl methyl sites for hydroxylation is 1. The van der Waals surface area contributed by atoms with E-state index in [2.05, 4.69) is 32.9 Å². The third kappa shape index (κ3) is 2.56. The minimum Gasteiger partial charge on any atom is -0.312 e. The molecule has 4 nitrogen and oxygen atoms in total. The molecule has 0 aromatic carbocycles. The summed E-state index contributed by atoms with van der Waals surface area (Å²) in [7, 11) is 0. The van der Waals surface area contributed by atoms with Crippen molar-refractivity contribution in [1.82, 2.24) is 20.1 Å². The standard InChI is InChI=1S/C12H16N4S/c1-2-11(17-7-1)5-6-13-10-3-4-12-14-9-15-16(12)8-10/h1-2,7,9-10,13H,3-6,8H2. The molecule has 90 valence electrons. The second-order valence-corrected chi connectivity index (χ2v) is 5.41. The first-order valence-corrected chi connectivity index (χ1v) is 6.92. The number of aromatic nitrogens is 3. The molecule has 17 heavy (non-hydrogen) atoms. The smallest absolute Gasteiger partial charge is 0.138 e. The summed E-state index contributed by atoms with van der Waals surface area (Å²) in [4.78, 5) is 5.69. The maximum atomic E-state index is 4.24. The number of nitrogens with zero attached hydrogens (tertiary/aromatic N) is 3. The summed E-state index contributed by atoms with van der Waals surface area (Å²) in [5, 5.41) is 9.98. The van der Waals surface area contributed by atoms with Gasteiger partial charge in [0, 0.05) is 23.9 Å². The molecule has 1 atom stereocenters. The van der Waals surface area contributed by atoms with E-state index in [0.717, 1.165) is 31.8 Å². The molecule has 2 aromatic heterocycles. The van der Waals surface area contributed by atoms with Crippen LogP contribution >= 0.6 is 11.3 Å². The van der Waals surface area contributed by atoms with Crippen LogP contribution in [0.25, 0.3) is 0 Å². The van der Waals surface area contributed by atoms with E-state index in [1.165, 1.54) is 11.3 Å². The van der Waals surface area contributed by atoms with Crippen LogP contribution in [0.2, 0.25) is 0 Å². The maximum Gasteiger partial charge on any atom is 0.138 e. The van der Waals surface area contributed by atoms with Gasteiger partial charge in [-0.15, -0.1) is 11.3 Å². The lowest BCUT2D eigenvalue weighted by atomic mass is 10.1. The molecule has 1 aliphatic rings. The first-order chi connectivity index (χ1) is 8.42. The van der Waals surface area contributed by atoms with Crippen LogP contribution in [0.15, 0.2) is 23.8 Å². The maximum absolute atomic E-state index is 4.24. The summed E-state index contributed by atoms with van der Waals surface area (Å²) in [5.74, 6) is 1.13. The Balaban J connectivity index is 1.48. The van der Waals surface area contributed by atoms with Gasteiger partial charge in [-0.05, 0) is 24.3 Å². The van der Waals surface area contributed by atoms with Crippen LogP contribution in [0.1, 0.15) is 17.1 Å². The Morgan fingerprint density at radius 2 is 2.53 bits per heavy atom. The van der Waals surface area contributed by atoms with Gasteiger partial charge in [0.2, 0.25) is 0 Å². The Morgan fingerprint density at radius 1 is 1.53 bits per heavy atom. The van der Waals surface area contributed by atoms with Crippen molar-refractivity contribution in [3.05, 3.63) is 34.5 Å². The van der Waals surface area contributed by atoms with Gasteiger partial charge < -0.3 is 5.32 Å². The molecular weight excluding hydrogens is 232 g/mol. The summed E-state index contributed by atoms with van der Waals surface area (Å²) < 4.78 is 2.02. The Bertz CT molecular complexity index is 463. The number of hydrogen-bond donors (Lipinski definition) is 1. The monoisotopic (exact) mass is 248 g/mol. The van der Waals surface area contributed by atoms with Gasteiger partial charge in [-0.3, -0.25) is 0 Å². The van der Waals surface area contributed by atoms with Gasteiger partial charge in [0.1, 0.15) is 12.2 Å². The topological polar surface area (TPSA) is 42.7 Å². The molecule has 0 radical (unpaired) electrons. The molecule has 2 aromatic rings. The highest BCUT2D eigenvalue weighted by Gasteiger charge is 2.18. The Hall–Kier alpha value is -1.20. The minimum atomic E-state index is 0.546. The largest absolute Gasteiger partial charge is 0.312 e. The van der Waals surface area contributed by atoms with Crippen molar-refractivity contribution in [3.63, 3.8) is 0 Å². The normalized spacial score (nSPS) is 19.2. The first kappa shape index (κ1) is 10.9. The van der Waals surface area contributed by atoms with Crippen molar-refractivity contribution < 1.29 is 0 Å². The highest BCUT2D eigenvalue weighted by atomic mass is 32.1. The van der Waals surface area contributed by atoms with Crippen LogP contribution < -0.4 is 5.32 Å². The molecule has 0 saturated heterocycles. The highest BCUT2D eigenvalue weighted by molar-refractivity contribution is 7.09. The van der Waals surface area contributed by atoms with Crippen molar-refractivity contribution in [2.75, 3.05) is 6.54 Å². The minimum absolute atomic E-state index is 0.546. The molecule has 1 aliphatic heterocycles. The molecule has 0 fully saturated rings. The number of thiophene rings is 1. The molecule has 0 amide bonds. The summed E-state index contributed by atoms with van der Waals surface area (Å²) in [5.41, 5.74) is 0. The predicted molar refractivity (Wildman–Crippen MR) is 68.2 cm³/mol. The van der Waals surface area contributed by atoms with Gasteiger partial charge in [-0.2, -0.15) is 5.10 Å². The summed E-state index contributed by atoms with van der Waals surface area (Å²) in [6.45, 7) is 2.01. The van der Waals surface area contributed by atoms with Crippen LogP contribution in [0.4, 0.5) is 0 Å². The van der Waals surface area contributed by atoms with E-state index in [9.17, 15) is 0 Å². The molecule has 1 N–H and O–H groups in total. The van der Waals surface area contributed by atoms with Gasteiger partial charge in [0.15, 0.2) is 0 Å². The molecular formula is C12H16N4S. The molecule has 3 rings (SSSR count). The zero-order valence-corrected chi connectivity index (χ0v) is 10.5. The lowest BCUT2D eigenvalue weighted by Gasteiger charge is -2.23. The van der Waals surface area contributed by atoms with Crippen LogP contribution in [0.3, 0.4) is 0 Å². The second-order valence-electron chi connectivity index (χ2n) is 4.38. The Labute approximate surface area is 105 Å². The fraction of sp³-hybridized carbons (Fsp3) is 0.500. The first-order valence-electron chi connectivity index (χ1n) is 6.04. The predicted octanol–water partition coefficient (Wildman–Crippen LogP) is 1.49. The van der Waals surface area contributed by atoms with Crippen molar-refractivity contribution >= 4 is 11.3 Å². The van der Waals surface area contributed by atoms with Crippen molar-refractivity contribution in [2.45, 2.75) is 31.8 Å². The zero-order valence-electron chi connectivity index (χ0n) is 9.67. The number of fused-ring (bicyclic) bond motifs is 1. The quantitative estimate of drug-likeness (QED) is 0.891. The fourth-order valence-electron chi connectivity index (χ4n) is 2.26. The number of rotatable bonds is 4. The summed E-state index contributed by atoms with van der Waals surface area (Å²) in [6.07, 6.45) is 4.99. The van der Waals surface area contributed by atoms with E-state index in [1.807, 2.05) is 16.0 Å². The van der Waals surface area contributed by atoms with Crippen molar-refractivity contribution in [3.8, 4) is 0 Å². The van der Waals surface area contributed by atoms with Crippen LogP contribution in [-0.4, -0.2) is 27.4 Å². The average Bonchev–Trinajstić information content (AvgIpc) is 2.98. The number of hydrogen-bond acceptors (Lipinski definition) is 4. The Kier molecular flexibility index (Phi) is 3.20. The van der Waals surface area contributed by atoms with Crippen molar-refractivity contribution in [1.29, 1.82) is 0 Å². The van der Waals surface area contributed by atoms with Crippen molar-refractivity contribution in [2.24, 2.45) is 0 Å². The molecule has 0 bridgehead atoms. The van der Waals surface area contributed by atoms with Gasteiger partial charge >= 0.3 is 0 Å². The van der Waals surface area contributed by atoms with Gasteiger partial charge in [-0.1, -0.05) is 6.07 Å². The lowest BCUT2D eigenvalue weighted by Crippen LogP contribution is -2.38. The van der Waals surface area contributed by atoms with E-state index in [0.29, 0.717) is 6.04 Å². The highest BCUT2D eigenvalue weighted by Crippen LogP contribution is 2.12. The molecule has 0 saturated carbocycles. The van der Waals surface area contributed by atoms with Crippen LogP contribution in [-0.2, 0) is 19.4 Å². The average molecular weight is 248 g/mol. The van der Waals surface area contributed by atoms with E-state index >= 15 is 0 Å². The lowest BCUT2D eigenvalue weighted by molar-refractivity contribution is 0.361. The molecule has 3 heterocycles. The van der Waals surface area contributed by atoms with Gasteiger partial charge in [0.25, 0.3) is 0 Å². The number of nitrogens with one attached hydrogen (secondary N) is 1. The van der Waals surface area contributed by atoms with E-state index in [4.69, 9.17) is 0 Å². The summed E-state index contributed by atoms with van der Waals surface area (Å²) >= 11 is 1.83. The SMILES string of the molecule is c1csc(CCNC2CCc3ncnn3C2)c1. The van der Waals surface area contributed by atoms with Crippen LogP contribution in [0, 0.1) is 0 Å². The van der Waals surface area contributed by atoms with E-state index in [-0.39, 0.29) is 0 Å². The van der Waals surface area contributed by atoms with Gasteiger partial charge in [0.05, 0.1) is 6.54 Å². The molecule has 0 spiro atoms. The summed E-state index contributed by atoms with van der Waals surface area (Å²) in [6, 6.07) is 4.86. The third-order valence-corrected chi connectivity index (χ3v) is 4.13. The molecule has 1 unspecified atom stereocenters. The molecule has 0 aliphatic carbocycles. The fourth-order valence-corrected chi connectivity index (χ4v) is 2.97. The Morgan fingerprint density at radius 3 is 3.41 bits per heavy atom. The third-order valence-electron chi connectivity index (χ3n) is 3.19. The molecule has 5 heteroatoms.